The Morgan fingerprint density at radius 1 is 1.07 bits per heavy atom. The maximum Gasteiger partial charge on any atom is 0.408 e. The lowest BCUT2D eigenvalue weighted by molar-refractivity contribution is -0.145. The second kappa shape index (κ2) is 8.48. The van der Waals surface area contributed by atoms with Crippen molar-refractivity contribution >= 4 is 12.1 Å². The average Bonchev–Trinajstić information content (AvgIpc) is 3.06. The summed E-state index contributed by atoms with van der Waals surface area (Å²) in [4.78, 5) is 24.5. The van der Waals surface area contributed by atoms with Gasteiger partial charge in [-0.05, 0) is 54.4 Å². The summed E-state index contributed by atoms with van der Waals surface area (Å²) in [5.41, 5.74) is 3.17. The minimum Gasteiger partial charge on any atom is -0.480 e. The van der Waals surface area contributed by atoms with Crippen molar-refractivity contribution in [1.82, 2.24) is 5.32 Å². The Labute approximate surface area is 176 Å². The number of rotatable bonds is 6. The summed E-state index contributed by atoms with van der Waals surface area (Å²) in [6, 6.07) is 16.2. The first kappa shape index (κ1) is 20.4. The van der Waals surface area contributed by atoms with Crippen LogP contribution in [0.5, 0.6) is 0 Å². The first-order chi connectivity index (χ1) is 14.5. The number of carbonyl (C=O) groups excluding carboxylic acids is 1. The Morgan fingerprint density at radius 2 is 1.63 bits per heavy atom. The van der Waals surface area contributed by atoms with E-state index in [1.807, 2.05) is 36.4 Å². The number of alkyl carbamates (subject to hydrolysis) is 1. The second-order valence-electron chi connectivity index (χ2n) is 8.35. The Balaban J connectivity index is 1.43. The van der Waals surface area contributed by atoms with Crippen LogP contribution in [0, 0.1) is 5.92 Å². The van der Waals surface area contributed by atoms with E-state index in [0.29, 0.717) is 19.6 Å². The summed E-state index contributed by atoms with van der Waals surface area (Å²) in [6.45, 7) is 2.97. The predicted molar refractivity (Wildman–Crippen MR) is 112 cm³/mol. The number of ether oxygens (including phenoxy) is 2. The van der Waals surface area contributed by atoms with Gasteiger partial charge >= 0.3 is 12.1 Å². The van der Waals surface area contributed by atoms with Gasteiger partial charge in [0.25, 0.3) is 0 Å². The molecule has 2 aliphatic rings. The standard InChI is InChI=1S/C24H27NO5/c1-24(22(26)27,14-16-10-12-29-13-11-16)25-23(28)30-15-21-19-8-4-2-6-17(19)18-7-3-5-9-20(18)21/h2-9,16,21H,10-15H2,1H3,(H,25,28)(H,26,27). The van der Waals surface area contributed by atoms with Crippen LogP contribution < -0.4 is 5.32 Å². The van der Waals surface area contributed by atoms with E-state index in [-0.39, 0.29) is 18.4 Å². The second-order valence-corrected chi connectivity index (χ2v) is 8.35. The highest BCUT2D eigenvalue weighted by atomic mass is 16.5. The number of aliphatic carboxylic acids is 1. The number of hydrogen-bond acceptors (Lipinski definition) is 4. The van der Waals surface area contributed by atoms with Crippen LogP contribution in [0.15, 0.2) is 48.5 Å². The van der Waals surface area contributed by atoms with Crippen LogP contribution >= 0.6 is 0 Å². The zero-order valence-corrected chi connectivity index (χ0v) is 17.1. The van der Waals surface area contributed by atoms with Crippen molar-refractivity contribution in [2.24, 2.45) is 5.92 Å². The molecule has 0 bridgehead atoms. The number of carbonyl (C=O) groups is 2. The van der Waals surface area contributed by atoms with Gasteiger partial charge in [0.15, 0.2) is 0 Å². The molecule has 0 aromatic heterocycles. The largest absolute Gasteiger partial charge is 0.480 e. The predicted octanol–water partition coefficient (Wildman–Crippen LogP) is 4.19. The van der Waals surface area contributed by atoms with Gasteiger partial charge in [-0.2, -0.15) is 0 Å². The first-order valence-electron chi connectivity index (χ1n) is 10.4. The van der Waals surface area contributed by atoms with E-state index < -0.39 is 17.6 Å². The number of amides is 1. The van der Waals surface area contributed by atoms with E-state index in [1.54, 1.807) is 6.92 Å². The fourth-order valence-corrected chi connectivity index (χ4v) is 4.58. The van der Waals surface area contributed by atoms with Crippen LogP contribution in [0.25, 0.3) is 11.1 Å². The van der Waals surface area contributed by atoms with Gasteiger partial charge in [0, 0.05) is 19.1 Å². The topological polar surface area (TPSA) is 84.9 Å². The molecule has 0 spiro atoms. The molecule has 1 unspecified atom stereocenters. The maximum absolute atomic E-state index is 12.6. The molecule has 6 nitrogen and oxygen atoms in total. The van der Waals surface area contributed by atoms with Crippen molar-refractivity contribution in [2.75, 3.05) is 19.8 Å². The molecule has 1 amide bonds. The lowest BCUT2D eigenvalue weighted by Crippen LogP contribution is -2.53. The SMILES string of the molecule is CC(CC1CCOCC1)(NC(=O)OCC1c2ccccc2-c2ccccc21)C(=O)O. The van der Waals surface area contributed by atoms with Crippen molar-refractivity contribution in [3.8, 4) is 11.1 Å². The van der Waals surface area contributed by atoms with E-state index in [9.17, 15) is 14.7 Å². The van der Waals surface area contributed by atoms with Gasteiger partial charge in [0.2, 0.25) is 0 Å². The molecule has 6 heteroatoms. The van der Waals surface area contributed by atoms with Crippen molar-refractivity contribution in [1.29, 1.82) is 0 Å². The van der Waals surface area contributed by atoms with E-state index in [2.05, 4.69) is 17.4 Å². The Kier molecular flexibility index (Phi) is 5.77. The summed E-state index contributed by atoms with van der Waals surface area (Å²) in [5, 5.41) is 12.4. The number of carboxylic acid groups (broad SMARTS) is 1. The zero-order chi connectivity index (χ0) is 21.1. The third-order valence-corrected chi connectivity index (χ3v) is 6.23. The van der Waals surface area contributed by atoms with Crippen molar-refractivity contribution in [3.05, 3.63) is 59.7 Å². The molecular formula is C24H27NO5. The maximum atomic E-state index is 12.6. The van der Waals surface area contributed by atoms with Crippen LogP contribution in [0.2, 0.25) is 0 Å². The third-order valence-electron chi connectivity index (χ3n) is 6.23. The molecule has 1 aliphatic heterocycles. The summed E-state index contributed by atoms with van der Waals surface area (Å²) >= 11 is 0. The molecule has 0 radical (unpaired) electrons. The fourth-order valence-electron chi connectivity index (χ4n) is 4.58. The van der Waals surface area contributed by atoms with E-state index in [0.717, 1.165) is 35.1 Å². The molecule has 2 aromatic rings. The molecule has 1 fully saturated rings. The minimum absolute atomic E-state index is 0.0604. The number of carboxylic acids is 1. The summed E-state index contributed by atoms with van der Waals surface area (Å²) < 4.78 is 10.9. The van der Waals surface area contributed by atoms with Crippen molar-refractivity contribution < 1.29 is 24.2 Å². The molecule has 0 saturated carbocycles. The highest BCUT2D eigenvalue weighted by molar-refractivity contribution is 5.84. The minimum atomic E-state index is -1.37. The molecule has 4 rings (SSSR count). The number of fused-ring (bicyclic) bond motifs is 3. The molecule has 1 atom stereocenters. The average molecular weight is 409 g/mol. The van der Waals surface area contributed by atoms with Gasteiger partial charge in [-0.25, -0.2) is 9.59 Å². The number of benzene rings is 2. The van der Waals surface area contributed by atoms with Crippen molar-refractivity contribution in [2.45, 2.75) is 37.6 Å². The lowest BCUT2D eigenvalue weighted by Gasteiger charge is -2.32. The first-order valence-corrected chi connectivity index (χ1v) is 10.4. The van der Waals surface area contributed by atoms with Gasteiger partial charge in [-0.3, -0.25) is 0 Å². The Bertz CT molecular complexity index is 891. The number of nitrogens with one attached hydrogen (secondary N) is 1. The molecule has 1 saturated heterocycles. The lowest BCUT2D eigenvalue weighted by atomic mass is 9.85. The summed E-state index contributed by atoms with van der Waals surface area (Å²) in [7, 11) is 0. The van der Waals surface area contributed by atoms with Gasteiger partial charge in [-0.15, -0.1) is 0 Å². The Morgan fingerprint density at radius 3 is 2.20 bits per heavy atom. The molecule has 158 valence electrons. The monoisotopic (exact) mass is 409 g/mol. The smallest absolute Gasteiger partial charge is 0.408 e. The van der Waals surface area contributed by atoms with Crippen LogP contribution in [0.1, 0.15) is 43.2 Å². The van der Waals surface area contributed by atoms with E-state index in [1.165, 1.54) is 0 Å². The van der Waals surface area contributed by atoms with Gasteiger partial charge in [0.1, 0.15) is 12.1 Å². The molecule has 2 aromatic carbocycles. The molecular weight excluding hydrogens is 382 g/mol. The molecule has 30 heavy (non-hydrogen) atoms. The summed E-state index contributed by atoms with van der Waals surface area (Å²) in [5.74, 6) is -0.911. The quantitative estimate of drug-likeness (QED) is 0.747. The molecule has 1 heterocycles. The van der Waals surface area contributed by atoms with Gasteiger partial charge in [-0.1, -0.05) is 48.5 Å². The van der Waals surface area contributed by atoms with Crippen LogP contribution in [0.4, 0.5) is 4.79 Å². The van der Waals surface area contributed by atoms with Crippen molar-refractivity contribution in [3.63, 3.8) is 0 Å². The van der Waals surface area contributed by atoms with E-state index >= 15 is 0 Å². The highest BCUT2D eigenvalue weighted by Crippen LogP contribution is 2.44. The molecule has 2 N–H and O–H groups in total. The third kappa shape index (κ3) is 4.05. The van der Waals surface area contributed by atoms with Crippen LogP contribution in [-0.2, 0) is 14.3 Å². The normalized spacial score (nSPS) is 18.2. The van der Waals surface area contributed by atoms with Gasteiger partial charge < -0.3 is 19.9 Å². The van der Waals surface area contributed by atoms with Crippen LogP contribution in [-0.4, -0.2) is 42.5 Å². The fraction of sp³-hybridized carbons (Fsp3) is 0.417. The van der Waals surface area contributed by atoms with Gasteiger partial charge in [0.05, 0.1) is 0 Å². The summed E-state index contributed by atoms with van der Waals surface area (Å²) in [6.07, 6.45) is 1.26. The Hall–Kier alpha value is -2.86. The zero-order valence-electron chi connectivity index (χ0n) is 17.1. The number of hydrogen-bond donors (Lipinski definition) is 2. The van der Waals surface area contributed by atoms with E-state index in [4.69, 9.17) is 9.47 Å². The highest BCUT2D eigenvalue weighted by Gasteiger charge is 2.38. The van der Waals surface area contributed by atoms with Crippen LogP contribution in [0.3, 0.4) is 0 Å². The molecule has 1 aliphatic carbocycles.